The zero-order chi connectivity index (χ0) is 62.0. The van der Waals surface area contributed by atoms with E-state index in [1.54, 1.807) is 14.2 Å². The first-order valence-electron chi connectivity index (χ1n) is 31.1. The standard InChI is InChI=1S/C36H45FN2O7S.C32H40N2O5S/c1-34-17-23-19-38-39(25-8-5-7-22(15-25)29(40)9-6-14-44-3)28(23)16-24(34)10-11-26-27-12-13-36(33(43)47-21-37,46-31(42)20-45-4)35(27,2)18-30(41)32(26)34;1-30-16-20-18-33-34(22-7-4-6-19(14-22)26(35)8-5-13-39-3)25(20)15-21(30)9-10-23-24-11-12-32(38,29(37)40)31(24,2)17-27(36)28(23)30/h5,7-8,15-16,19,26-27,30,32,41H,6,9-14,17-18,20-21H2,1-4H3;4,6-7,14-15,18,23-24,27-28,36,38H,5,8-13,16-17H2,1-3H3,(H,37,40)/t26-,27-,30-,32+,34-,35-,36-;23-,24-,27-,28+,30-,31-,32-/m00/s1. The van der Waals surface area contributed by atoms with Crippen LogP contribution in [0.4, 0.5) is 4.39 Å². The van der Waals surface area contributed by atoms with Crippen molar-refractivity contribution in [3.8, 4) is 11.4 Å². The van der Waals surface area contributed by atoms with Crippen LogP contribution in [-0.2, 0) is 46.2 Å². The lowest BCUT2D eigenvalue weighted by Crippen LogP contribution is -2.62. The highest BCUT2D eigenvalue weighted by Gasteiger charge is 2.71. The monoisotopic (exact) mass is 1230 g/mol. The number of nitrogens with zero attached hydrogens (tertiary/aromatic N) is 4. The highest BCUT2D eigenvalue weighted by Crippen LogP contribution is 2.70. The summed E-state index contributed by atoms with van der Waals surface area (Å²) in [6.45, 7) is 9.27. The molecule has 87 heavy (non-hydrogen) atoms. The van der Waals surface area contributed by atoms with Crippen molar-refractivity contribution in [3.05, 3.63) is 106 Å². The number of aliphatic hydroxyl groups excluding tert-OH is 2. The molecule has 16 nitrogen and oxygen atoms in total. The van der Waals surface area contributed by atoms with Gasteiger partial charge in [-0.1, -0.05) is 63.1 Å². The van der Waals surface area contributed by atoms with Gasteiger partial charge in [0.1, 0.15) is 18.2 Å². The lowest BCUT2D eigenvalue weighted by atomic mass is 9.45. The minimum Gasteiger partial charge on any atom is -0.448 e. The van der Waals surface area contributed by atoms with Crippen molar-refractivity contribution in [3.63, 3.8) is 0 Å². The largest absolute Gasteiger partial charge is 0.448 e. The molecule has 0 unspecified atom stereocenters. The minimum atomic E-state index is -1.52. The van der Waals surface area contributed by atoms with Gasteiger partial charge in [0.15, 0.2) is 17.2 Å². The number of ether oxygens (including phenoxy) is 4. The van der Waals surface area contributed by atoms with Gasteiger partial charge in [0, 0.05) is 69.3 Å². The van der Waals surface area contributed by atoms with Crippen LogP contribution >= 0.6 is 24.4 Å². The van der Waals surface area contributed by atoms with E-state index in [2.05, 4.69) is 38.6 Å². The van der Waals surface area contributed by atoms with E-state index in [1.807, 2.05) is 84.1 Å². The predicted molar refractivity (Wildman–Crippen MR) is 331 cm³/mol. The molecule has 19 heteroatoms. The molecule has 0 bridgehead atoms. The molecule has 0 saturated heterocycles. The topological polar surface area (TPSA) is 219 Å². The number of hydrogen-bond donors (Lipinski definition) is 4. The van der Waals surface area contributed by atoms with Crippen LogP contribution < -0.4 is 0 Å². The third kappa shape index (κ3) is 10.6. The molecule has 6 saturated carbocycles. The summed E-state index contributed by atoms with van der Waals surface area (Å²) < 4.78 is 38.5. The first-order chi connectivity index (χ1) is 41.6. The summed E-state index contributed by atoms with van der Waals surface area (Å²) in [5.41, 5.74) is 4.79. The Bertz CT molecular complexity index is 3400. The highest BCUT2D eigenvalue weighted by atomic mass is 32.2. The zero-order valence-corrected chi connectivity index (χ0v) is 52.9. The maximum atomic E-state index is 13.6. The number of fused-ring (bicyclic) bond motifs is 12. The maximum Gasteiger partial charge on any atom is 0.333 e. The lowest BCUT2D eigenvalue weighted by molar-refractivity contribution is -0.198. The van der Waals surface area contributed by atoms with Gasteiger partial charge in [-0.15, -0.1) is 12.6 Å². The van der Waals surface area contributed by atoms with Crippen LogP contribution in [0.2, 0.25) is 0 Å². The first-order valence-corrected chi connectivity index (χ1v) is 32.6. The number of rotatable bonds is 18. The zero-order valence-electron chi connectivity index (χ0n) is 51.2. The van der Waals surface area contributed by atoms with Gasteiger partial charge < -0.3 is 34.3 Å². The molecule has 6 fully saturated rings. The number of allylic oxidation sites excluding steroid dienone is 2. The molecule has 2 aromatic carbocycles. The SMILES string of the molecule is COCCCC(=O)c1cccc(-n2ncc3c2C=C2CC[C@@H]4[C@H]([C@@H](O)C[C@@]5(C)[C@H]4CC[C@]5(O)C(=O)S)[C@@]2(C)C3)c1.COCCCC(=O)c1cccc(-n2ncc3c2C=C2CC[C@@H]4[C@H]([C@@H](O)C[C@@]5(C)[C@H]4CC[C@]5(OC(=O)COC)C(=O)SCF)[C@@]2(C)C3)c1. The number of esters is 1. The molecule has 14 atom stereocenters. The summed E-state index contributed by atoms with van der Waals surface area (Å²) in [5, 5.41) is 43.7. The van der Waals surface area contributed by atoms with Crippen molar-refractivity contribution in [2.45, 2.75) is 154 Å². The quantitative estimate of drug-likeness (QED) is 0.0315. The highest BCUT2D eigenvalue weighted by molar-refractivity contribution is 8.13. The smallest absolute Gasteiger partial charge is 0.333 e. The second-order valence-electron chi connectivity index (χ2n) is 27.2. The number of Topliss-reactive ketones (excluding diaryl/α,β-unsaturated/α-hetero) is 2. The fraction of sp³-hybridized carbons (Fsp3) is 0.603. The fourth-order valence-electron chi connectivity index (χ4n) is 18.8. The fourth-order valence-corrected chi connectivity index (χ4v) is 19.9. The Hall–Kier alpha value is -5.12. The van der Waals surface area contributed by atoms with Crippen LogP contribution in [-0.4, -0.2) is 133 Å². The van der Waals surface area contributed by atoms with E-state index in [9.17, 15) is 43.7 Å². The van der Waals surface area contributed by atoms with Crippen LogP contribution in [0.15, 0.2) is 72.1 Å². The van der Waals surface area contributed by atoms with Gasteiger partial charge in [0.05, 0.1) is 47.4 Å². The Morgan fingerprint density at radius 1 is 0.690 bits per heavy atom. The van der Waals surface area contributed by atoms with Crippen LogP contribution in [0.1, 0.15) is 161 Å². The molecule has 468 valence electrons. The van der Waals surface area contributed by atoms with Crippen LogP contribution in [0, 0.1) is 57.2 Å². The van der Waals surface area contributed by atoms with Crippen molar-refractivity contribution < 1.29 is 62.6 Å². The molecular formula is C68H85FN4O12S2. The molecule has 2 aromatic heterocycles. The van der Waals surface area contributed by atoms with E-state index in [0.717, 1.165) is 72.4 Å². The summed E-state index contributed by atoms with van der Waals surface area (Å²) in [7, 11) is 4.66. The summed E-state index contributed by atoms with van der Waals surface area (Å²) in [5.74, 6) is 0.00686. The number of benzene rings is 2. The van der Waals surface area contributed by atoms with Gasteiger partial charge in [-0.3, -0.25) is 19.2 Å². The Morgan fingerprint density at radius 2 is 1.17 bits per heavy atom. The van der Waals surface area contributed by atoms with Crippen molar-refractivity contribution in [2.75, 3.05) is 47.2 Å². The predicted octanol–water partition coefficient (Wildman–Crippen LogP) is 10.6. The maximum absolute atomic E-state index is 13.6. The molecule has 0 spiro atoms. The van der Waals surface area contributed by atoms with Crippen molar-refractivity contribution in [1.82, 2.24) is 19.6 Å². The van der Waals surface area contributed by atoms with Crippen molar-refractivity contribution >= 4 is 64.3 Å². The van der Waals surface area contributed by atoms with Crippen LogP contribution in [0.3, 0.4) is 0 Å². The van der Waals surface area contributed by atoms with Crippen molar-refractivity contribution in [1.29, 1.82) is 0 Å². The normalized spacial score (nSPS) is 34.2. The summed E-state index contributed by atoms with van der Waals surface area (Å²) >= 11 is 4.62. The molecule has 8 aliphatic carbocycles. The minimum absolute atomic E-state index is 0.0158. The Labute approximate surface area is 519 Å². The van der Waals surface area contributed by atoms with Gasteiger partial charge in [-0.05, 0) is 196 Å². The number of halogens is 1. The summed E-state index contributed by atoms with van der Waals surface area (Å²) in [6, 6.07) is 14.3. The van der Waals surface area contributed by atoms with E-state index in [1.165, 1.54) is 18.3 Å². The van der Waals surface area contributed by atoms with Gasteiger partial charge in [-0.25, -0.2) is 18.5 Å². The second kappa shape index (κ2) is 24.6. The number of thiol groups is 1. The van der Waals surface area contributed by atoms with Gasteiger partial charge in [0.2, 0.25) is 10.2 Å². The molecule has 8 aliphatic rings. The van der Waals surface area contributed by atoms with Gasteiger partial charge >= 0.3 is 5.97 Å². The molecule has 2 heterocycles. The average molecular weight is 1230 g/mol. The Kier molecular flexibility index (Phi) is 17.9. The average Bonchev–Trinajstić information content (AvgIpc) is 1.69. The van der Waals surface area contributed by atoms with Crippen LogP contribution in [0.5, 0.6) is 0 Å². The van der Waals surface area contributed by atoms with Crippen LogP contribution in [0.25, 0.3) is 23.5 Å². The number of aliphatic hydroxyl groups is 3. The number of carbonyl (C=O) groups is 5. The van der Waals surface area contributed by atoms with Gasteiger partial charge in [0.25, 0.3) is 0 Å². The van der Waals surface area contributed by atoms with E-state index in [0.29, 0.717) is 93.9 Å². The number of ketones is 2. The number of thioether (sulfide) groups is 1. The Balaban J connectivity index is 0.000000182. The third-order valence-electron chi connectivity index (χ3n) is 22.9. The Morgan fingerprint density at radius 3 is 1.64 bits per heavy atom. The van der Waals surface area contributed by atoms with E-state index in [4.69, 9.17) is 29.1 Å². The van der Waals surface area contributed by atoms with E-state index < -0.39 is 56.4 Å². The molecular weight excluding hydrogens is 1150 g/mol. The molecule has 0 aliphatic heterocycles. The number of carbonyl (C=O) groups excluding carboxylic acids is 5. The summed E-state index contributed by atoms with van der Waals surface area (Å²) in [4.78, 5) is 64.4. The van der Waals surface area contributed by atoms with Gasteiger partial charge in [-0.2, -0.15) is 10.2 Å². The van der Waals surface area contributed by atoms with E-state index >= 15 is 0 Å². The molecule has 0 radical (unpaired) electrons. The second-order valence-corrected chi connectivity index (χ2v) is 28.5. The number of methoxy groups -OCH3 is 3. The molecule has 0 amide bonds. The third-order valence-corrected chi connectivity index (χ3v) is 23.9. The number of alkyl halides is 1. The number of hydrogen-bond acceptors (Lipinski definition) is 15. The molecule has 4 aromatic rings. The summed E-state index contributed by atoms with van der Waals surface area (Å²) in [6.07, 6.45) is 17.0. The first kappa shape index (κ1) is 63.4. The molecule has 12 rings (SSSR count). The van der Waals surface area contributed by atoms with E-state index in [-0.39, 0.29) is 70.9 Å². The molecule has 3 N–H and O–H groups in total. The lowest BCUT2D eigenvalue weighted by Gasteiger charge is -2.60. The van der Waals surface area contributed by atoms with Crippen molar-refractivity contribution in [2.24, 2.45) is 57.2 Å². The number of aromatic nitrogens is 4.